The number of aliphatic hydroxyl groups is 1. The zero-order chi connectivity index (χ0) is 21.7. The summed E-state index contributed by atoms with van der Waals surface area (Å²) in [6.07, 6.45) is -5.39. The van der Waals surface area contributed by atoms with Crippen LogP contribution in [0.4, 0.5) is 22.4 Å². The number of ether oxygens (including phenoxy) is 2. The van der Waals surface area contributed by atoms with Gasteiger partial charge in [0.05, 0.1) is 6.04 Å². The van der Waals surface area contributed by atoms with Crippen LogP contribution in [0.1, 0.15) is 22.0 Å². The third-order valence-corrected chi connectivity index (χ3v) is 4.97. The van der Waals surface area contributed by atoms with Gasteiger partial charge in [0.15, 0.2) is 17.3 Å². The van der Waals surface area contributed by atoms with Gasteiger partial charge < -0.3 is 25.2 Å². The number of hydrogen-bond donors (Lipinski definition) is 3. The predicted molar refractivity (Wildman–Crippen MR) is 92.2 cm³/mol. The normalized spacial score (nSPS) is 25.4. The van der Waals surface area contributed by atoms with Gasteiger partial charge in [-0.3, -0.25) is 4.79 Å². The van der Waals surface area contributed by atoms with Gasteiger partial charge in [-0.05, 0) is 42.0 Å². The van der Waals surface area contributed by atoms with Crippen molar-refractivity contribution in [3.63, 3.8) is 0 Å². The van der Waals surface area contributed by atoms with E-state index in [1.807, 2.05) is 0 Å². The van der Waals surface area contributed by atoms with Gasteiger partial charge in [-0.1, -0.05) is 6.07 Å². The summed E-state index contributed by atoms with van der Waals surface area (Å²) in [5, 5.41) is 14.2. The van der Waals surface area contributed by atoms with E-state index in [0.29, 0.717) is 5.75 Å². The van der Waals surface area contributed by atoms with Crippen molar-refractivity contribution in [2.75, 3.05) is 6.79 Å². The number of urea groups is 1. The highest BCUT2D eigenvalue weighted by Gasteiger charge is 2.66. The molecule has 2 heterocycles. The Morgan fingerprint density at radius 3 is 2.43 bits per heavy atom. The molecule has 0 unspecified atom stereocenters. The molecule has 1 saturated heterocycles. The molecule has 4 rings (SSSR count). The van der Waals surface area contributed by atoms with E-state index in [1.165, 1.54) is 23.5 Å². The number of hydrogen-bond acceptors (Lipinski definition) is 5. The molecule has 11 heteroatoms. The molecule has 2 aromatic rings. The molecule has 2 amide bonds. The maximum atomic E-state index is 13.8. The van der Waals surface area contributed by atoms with Crippen molar-refractivity contribution < 1.29 is 41.7 Å². The van der Waals surface area contributed by atoms with Crippen LogP contribution in [0.15, 0.2) is 42.5 Å². The Bertz CT molecular complexity index is 1010. The number of carbonyl (C=O) groups is 2. The fraction of sp³-hybridized carbons (Fsp3) is 0.263. The van der Waals surface area contributed by atoms with Gasteiger partial charge in [-0.25, -0.2) is 9.18 Å². The Balaban J connectivity index is 1.84. The van der Waals surface area contributed by atoms with E-state index < -0.39 is 41.5 Å². The lowest BCUT2D eigenvalue weighted by molar-refractivity contribution is -0.287. The number of Topliss-reactive ketones (excluding diaryl/α,β-unsaturated/α-hetero) is 1. The fourth-order valence-electron chi connectivity index (χ4n) is 3.52. The van der Waals surface area contributed by atoms with Crippen molar-refractivity contribution in [3.8, 4) is 11.5 Å². The van der Waals surface area contributed by atoms with E-state index >= 15 is 0 Å². The SMILES string of the molecule is O=C1N[C@H](c2ccc3c(c2)OCO3)[C@H](C(=O)c2ccc(F)cc2)[C@@](O)(C(F)(F)F)N1. The highest BCUT2D eigenvalue weighted by atomic mass is 19.4. The number of amides is 2. The Hall–Kier alpha value is -3.34. The quantitative estimate of drug-likeness (QED) is 0.518. The lowest BCUT2D eigenvalue weighted by Gasteiger charge is -2.45. The Labute approximate surface area is 166 Å². The number of fused-ring (bicyclic) bond motifs is 1. The molecule has 0 radical (unpaired) electrons. The highest BCUT2D eigenvalue weighted by Crippen LogP contribution is 2.45. The molecule has 2 aliphatic heterocycles. The first-order valence-corrected chi connectivity index (χ1v) is 8.67. The summed E-state index contributed by atoms with van der Waals surface area (Å²) in [4.78, 5) is 25.1. The summed E-state index contributed by atoms with van der Waals surface area (Å²) in [5.41, 5.74) is -4.06. The summed E-state index contributed by atoms with van der Waals surface area (Å²) >= 11 is 0. The molecule has 0 bridgehead atoms. The third kappa shape index (κ3) is 3.20. The largest absolute Gasteiger partial charge is 0.454 e. The number of carbonyl (C=O) groups excluding carboxylic acids is 2. The van der Waals surface area contributed by atoms with E-state index in [1.54, 1.807) is 0 Å². The maximum Gasteiger partial charge on any atom is 0.437 e. The summed E-state index contributed by atoms with van der Waals surface area (Å²) in [6, 6.07) is 5.01. The van der Waals surface area contributed by atoms with Crippen LogP contribution in [0.25, 0.3) is 0 Å². The van der Waals surface area contributed by atoms with Gasteiger partial charge in [-0.15, -0.1) is 0 Å². The van der Waals surface area contributed by atoms with Crippen LogP contribution in [0.2, 0.25) is 0 Å². The summed E-state index contributed by atoms with van der Waals surface area (Å²) in [6.45, 7) is -0.0954. The standard InChI is InChI=1S/C19H14F4N2O5/c20-11-4-1-9(2-5-11)16(26)14-15(10-3-6-12-13(7-10)30-8-29-12)24-17(27)25-18(14,28)19(21,22)23/h1-7,14-15,28H,8H2,(H2,24,25,27)/t14-,15-,18-/m1/s1. The van der Waals surface area contributed by atoms with Crippen LogP contribution in [-0.4, -0.2) is 35.6 Å². The Morgan fingerprint density at radius 1 is 1.10 bits per heavy atom. The van der Waals surface area contributed by atoms with Crippen molar-refractivity contribution in [1.29, 1.82) is 0 Å². The zero-order valence-electron chi connectivity index (χ0n) is 15.0. The second-order valence-corrected chi connectivity index (χ2v) is 6.80. The van der Waals surface area contributed by atoms with E-state index in [4.69, 9.17) is 9.47 Å². The lowest BCUT2D eigenvalue weighted by atomic mass is 9.77. The average Bonchev–Trinajstić information content (AvgIpc) is 3.14. The number of alkyl halides is 3. The van der Waals surface area contributed by atoms with E-state index in [-0.39, 0.29) is 23.7 Å². The van der Waals surface area contributed by atoms with Gasteiger partial charge in [0.25, 0.3) is 0 Å². The minimum absolute atomic E-state index is 0.0808. The van der Waals surface area contributed by atoms with E-state index in [2.05, 4.69) is 5.32 Å². The maximum absolute atomic E-state index is 13.8. The molecular formula is C19H14F4N2O5. The molecule has 2 aromatic carbocycles. The molecule has 158 valence electrons. The van der Waals surface area contributed by atoms with Gasteiger partial charge in [0, 0.05) is 5.56 Å². The van der Waals surface area contributed by atoms with Crippen molar-refractivity contribution >= 4 is 11.8 Å². The summed E-state index contributed by atoms with van der Waals surface area (Å²) in [5.74, 6) is -3.51. The van der Waals surface area contributed by atoms with E-state index in [9.17, 15) is 32.3 Å². The van der Waals surface area contributed by atoms with Gasteiger partial charge in [0.2, 0.25) is 12.5 Å². The molecule has 0 aliphatic carbocycles. The van der Waals surface area contributed by atoms with Gasteiger partial charge in [-0.2, -0.15) is 13.2 Å². The molecule has 0 aromatic heterocycles. The highest BCUT2D eigenvalue weighted by molar-refractivity contribution is 6.00. The van der Waals surface area contributed by atoms with Crippen LogP contribution in [-0.2, 0) is 0 Å². The monoisotopic (exact) mass is 426 g/mol. The van der Waals surface area contributed by atoms with Gasteiger partial charge in [0.1, 0.15) is 11.7 Å². The molecule has 30 heavy (non-hydrogen) atoms. The first-order valence-electron chi connectivity index (χ1n) is 8.67. The van der Waals surface area contributed by atoms with Crippen molar-refractivity contribution in [2.24, 2.45) is 5.92 Å². The molecule has 2 aliphatic rings. The Kier molecular flexibility index (Phi) is 4.57. The summed E-state index contributed by atoms with van der Waals surface area (Å²) in [7, 11) is 0. The van der Waals surface area contributed by atoms with E-state index in [0.717, 1.165) is 24.3 Å². The smallest absolute Gasteiger partial charge is 0.437 e. The first kappa shape index (κ1) is 20.0. The molecule has 0 saturated carbocycles. The second kappa shape index (κ2) is 6.87. The lowest BCUT2D eigenvalue weighted by Crippen LogP contribution is -2.72. The minimum atomic E-state index is -5.39. The summed E-state index contributed by atoms with van der Waals surface area (Å²) < 4.78 is 65.1. The van der Waals surface area contributed by atoms with Crippen molar-refractivity contribution in [3.05, 3.63) is 59.4 Å². The number of benzene rings is 2. The molecule has 3 atom stereocenters. The molecule has 3 N–H and O–H groups in total. The van der Waals surface area contributed by atoms with Crippen LogP contribution < -0.4 is 20.1 Å². The Morgan fingerprint density at radius 2 is 1.77 bits per heavy atom. The molecule has 0 spiro atoms. The number of nitrogens with one attached hydrogen (secondary N) is 2. The molecule has 1 fully saturated rings. The van der Waals surface area contributed by atoms with Gasteiger partial charge >= 0.3 is 12.2 Å². The first-order chi connectivity index (χ1) is 14.1. The number of rotatable bonds is 3. The number of halogens is 4. The molecule has 7 nitrogen and oxygen atoms in total. The predicted octanol–water partition coefficient (Wildman–Crippen LogP) is 2.66. The van der Waals surface area contributed by atoms with Crippen LogP contribution in [0, 0.1) is 11.7 Å². The van der Waals surface area contributed by atoms with Crippen LogP contribution in [0.3, 0.4) is 0 Å². The van der Waals surface area contributed by atoms with Crippen molar-refractivity contribution in [1.82, 2.24) is 10.6 Å². The zero-order valence-corrected chi connectivity index (χ0v) is 15.0. The van der Waals surface area contributed by atoms with Crippen molar-refractivity contribution in [2.45, 2.75) is 17.9 Å². The minimum Gasteiger partial charge on any atom is -0.454 e. The average molecular weight is 426 g/mol. The number of ketones is 1. The van der Waals surface area contributed by atoms with Crippen LogP contribution in [0.5, 0.6) is 11.5 Å². The van der Waals surface area contributed by atoms with Crippen LogP contribution >= 0.6 is 0 Å². The molecular weight excluding hydrogens is 412 g/mol. The second-order valence-electron chi connectivity index (χ2n) is 6.80. The topological polar surface area (TPSA) is 96.9 Å². The third-order valence-electron chi connectivity index (χ3n) is 4.97. The fourth-order valence-corrected chi connectivity index (χ4v) is 3.52.